The maximum atomic E-state index is 12.4. The Labute approximate surface area is 136 Å². The van der Waals surface area contributed by atoms with E-state index in [0.717, 1.165) is 29.6 Å². The maximum absolute atomic E-state index is 12.4. The number of anilines is 1. The summed E-state index contributed by atoms with van der Waals surface area (Å²) in [5.74, 6) is 0. The molecule has 0 radical (unpaired) electrons. The van der Waals surface area contributed by atoms with Crippen molar-refractivity contribution in [2.75, 3.05) is 4.72 Å². The lowest BCUT2D eigenvalue weighted by Gasteiger charge is -2.09. The number of rotatable bonds is 5. The van der Waals surface area contributed by atoms with Crippen molar-refractivity contribution in [2.45, 2.75) is 31.7 Å². The third-order valence-corrected chi connectivity index (χ3v) is 5.07. The van der Waals surface area contributed by atoms with Crippen LogP contribution in [0.4, 0.5) is 5.69 Å². The van der Waals surface area contributed by atoms with Gasteiger partial charge >= 0.3 is 0 Å². The molecule has 0 bridgehead atoms. The second-order valence-electron chi connectivity index (χ2n) is 5.56. The molecule has 0 amide bonds. The quantitative estimate of drug-likeness (QED) is 0.778. The van der Waals surface area contributed by atoms with Gasteiger partial charge in [0.2, 0.25) is 0 Å². The van der Waals surface area contributed by atoms with Gasteiger partial charge < -0.3 is 4.57 Å². The van der Waals surface area contributed by atoms with E-state index in [-0.39, 0.29) is 4.90 Å². The molecule has 1 N–H and O–H groups in total. The van der Waals surface area contributed by atoms with E-state index in [2.05, 4.69) is 21.2 Å². The van der Waals surface area contributed by atoms with Crippen LogP contribution in [0.3, 0.4) is 0 Å². The molecular formula is C17H19N3O2S. The van der Waals surface area contributed by atoms with Crippen LogP contribution < -0.4 is 4.72 Å². The molecule has 0 atom stereocenters. The van der Waals surface area contributed by atoms with Gasteiger partial charge in [0.05, 0.1) is 27.9 Å². The fraction of sp³-hybridized carbons (Fsp3) is 0.235. The smallest absolute Gasteiger partial charge is 0.261 e. The van der Waals surface area contributed by atoms with Crippen LogP contribution in [-0.4, -0.2) is 18.0 Å². The first-order valence-electron chi connectivity index (χ1n) is 7.54. The maximum Gasteiger partial charge on any atom is 0.261 e. The Morgan fingerprint density at radius 2 is 1.87 bits per heavy atom. The van der Waals surface area contributed by atoms with Crippen LogP contribution in [0.15, 0.2) is 53.7 Å². The van der Waals surface area contributed by atoms with Gasteiger partial charge in [-0.15, -0.1) is 0 Å². The van der Waals surface area contributed by atoms with Gasteiger partial charge in [0.15, 0.2) is 0 Å². The van der Waals surface area contributed by atoms with Crippen molar-refractivity contribution in [1.82, 2.24) is 9.55 Å². The molecule has 1 aromatic heterocycles. The summed E-state index contributed by atoms with van der Waals surface area (Å²) in [6.07, 6.45) is 2.81. The van der Waals surface area contributed by atoms with Gasteiger partial charge in [-0.3, -0.25) is 4.72 Å². The van der Waals surface area contributed by atoms with Crippen molar-refractivity contribution in [3.05, 3.63) is 54.4 Å². The van der Waals surface area contributed by atoms with E-state index >= 15 is 0 Å². The number of fused-ring (bicyclic) bond motifs is 1. The van der Waals surface area contributed by atoms with Gasteiger partial charge in [-0.2, -0.15) is 0 Å². The summed E-state index contributed by atoms with van der Waals surface area (Å²) in [4.78, 5) is 4.59. The normalized spacial score (nSPS) is 11.7. The highest BCUT2D eigenvalue weighted by Crippen LogP contribution is 2.21. The average Bonchev–Trinajstić information content (AvgIpc) is 2.90. The van der Waals surface area contributed by atoms with Crippen molar-refractivity contribution in [2.24, 2.45) is 0 Å². The monoisotopic (exact) mass is 329 g/mol. The Morgan fingerprint density at radius 1 is 1.13 bits per heavy atom. The lowest BCUT2D eigenvalue weighted by Crippen LogP contribution is -2.12. The highest BCUT2D eigenvalue weighted by Gasteiger charge is 2.14. The lowest BCUT2D eigenvalue weighted by atomic mass is 10.2. The second-order valence-corrected chi connectivity index (χ2v) is 7.24. The molecule has 0 saturated carbocycles. The van der Waals surface area contributed by atoms with Gasteiger partial charge in [-0.25, -0.2) is 13.4 Å². The van der Waals surface area contributed by atoms with Crippen LogP contribution in [-0.2, 0) is 16.6 Å². The van der Waals surface area contributed by atoms with Crippen LogP contribution in [0, 0.1) is 6.92 Å². The number of benzene rings is 2. The summed E-state index contributed by atoms with van der Waals surface area (Å²) in [5, 5.41) is 0. The van der Waals surface area contributed by atoms with E-state index in [0.29, 0.717) is 5.69 Å². The Kier molecular flexibility index (Phi) is 4.09. The standard InChI is InChI=1S/C17H19N3O2S/c1-3-10-20-12-18-16-11-14(6-9-17(16)20)19-23(21,22)15-7-4-13(2)5-8-15/h4-9,11-12,19H,3,10H2,1-2H3. The van der Waals surface area contributed by atoms with Gasteiger partial charge in [0.1, 0.15) is 0 Å². The zero-order valence-electron chi connectivity index (χ0n) is 13.2. The van der Waals surface area contributed by atoms with E-state index in [1.807, 2.05) is 13.0 Å². The van der Waals surface area contributed by atoms with E-state index in [9.17, 15) is 8.42 Å². The molecule has 1 heterocycles. The van der Waals surface area contributed by atoms with Crippen LogP contribution in [0.5, 0.6) is 0 Å². The molecule has 3 aromatic rings. The lowest BCUT2D eigenvalue weighted by molar-refractivity contribution is 0.601. The first-order chi connectivity index (χ1) is 11.0. The summed E-state index contributed by atoms with van der Waals surface area (Å²) in [6, 6.07) is 12.2. The van der Waals surface area contributed by atoms with Crippen LogP contribution in [0.1, 0.15) is 18.9 Å². The Balaban J connectivity index is 1.90. The molecule has 5 nitrogen and oxygen atoms in total. The van der Waals surface area contributed by atoms with Crippen molar-refractivity contribution in [3.63, 3.8) is 0 Å². The molecular weight excluding hydrogens is 310 g/mol. The first-order valence-corrected chi connectivity index (χ1v) is 9.02. The number of aromatic nitrogens is 2. The summed E-state index contributed by atoms with van der Waals surface area (Å²) in [7, 11) is -3.59. The van der Waals surface area contributed by atoms with Crippen molar-refractivity contribution in [3.8, 4) is 0 Å². The molecule has 0 unspecified atom stereocenters. The van der Waals surface area contributed by atoms with E-state index in [1.165, 1.54) is 0 Å². The number of nitrogens with one attached hydrogen (secondary N) is 1. The fourth-order valence-electron chi connectivity index (χ4n) is 2.48. The van der Waals surface area contributed by atoms with Gasteiger partial charge in [0, 0.05) is 6.54 Å². The molecule has 23 heavy (non-hydrogen) atoms. The Bertz CT molecular complexity index is 928. The minimum absolute atomic E-state index is 0.250. The van der Waals surface area contributed by atoms with Crippen LogP contribution in [0.2, 0.25) is 0 Å². The number of nitrogens with zero attached hydrogens (tertiary/aromatic N) is 2. The van der Waals surface area contributed by atoms with Crippen LogP contribution in [0.25, 0.3) is 11.0 Å². The predicted molar refractivity (Wildman–Crippen MR) is 92.0 cm³/mol. The summed E-state index contributed by atoms with van der Waals surface area (Å²) in [6.45, 7) is 4.92. The number of hydrogen-bond donors (Lipinski definition) is 1. The topological polar surface area (TPSA) is 64.0 Å². The predicted octanol–water partition coefficient (Wildman–Crippen LogP) is 3.56. The summed E-state index contributed by atoms with van der Waals surface area (Å²) >= 11 is 0. The highest BCUT2D eigenvalue weighted by molar-refractivity contribution is 7.92. The molecule has 3 rings (SSSR count). The van der Waals surface area contributed by atoms with Gasteiger partial charge in [-0.05, 0) is 43.7 Å². The zero-order chi connectivity index (χ0) is 16.4. The average molecular weight is 329 g/mol. The zero-order valence-corrected chi connectivity index (χ0v) is 14.0. The number of hydrogen-bond acceptors (Lipinski definition) is 3. The van der Waals surface area contributed by atoms with E-state index in [1.54, 1.807) is 42.7 Å². The molecule has 120 valence electrons. The third kappa shape index (κ3) is 3.22. The molecule has 0 saturated heterocycles. The number of aryl methyl sites for hydroxylation is 2. The SMILES string of the molecule is CCCn1cnc2cc(NS(=O)(=O)c3ccc(C)cc3)ccc21. The van der Waals surface area contributed by atoms with Crippen molar-refractivity contribution >= 4 is 26.7 Å². The third-order valence-electron chi connectivity index (χ3n) is 3.67. The Hall–Kier alpha value is -2.34. The first kappa shape index (κ1) is 15.6. The van der Waals surface area contributed by atoms with Gasteiger partial charge in [0.25, 0.3) is 10.0 Å². The van der Waals surface area contributed by atoms with E-state index in [4.69, 9.17) is 0 Å². The molecule has 0 aliphatic carbocycles. The van der Waals surface area contributed by atoms with E-state index < -0.39 is 10.0 Å². The molecule has 0 fully saturated rings. The summed E-state index contributed by atoms with van der Waals surface area (Å²) in [5.41, 5.74) is 3.32. The minimum Gasteiger partial charge on any atom is -0.331 e. The molecule has 2 aromatic carbocycles. The molecule has 0 spiro atoms. The molecule has 0 aliphatic rings. The molecule has 6 heteroatoms. The number of sulfonamides is 1. The molecule has 0 aliphatic heterocycles. The van der Waals surface area contributed by atoms with Crippen molar-refractivity contribution < 1.29 is 8.42 Å². The summed E-state index contributed by atoms with van der Waals surface area (Å²) < 4.78 is 29.5. The second kappa shape index (κ2) is 6.04. The largest absolute Gasteiger partial charge is 0.331 e. The highest BCUT2D eigenvalue weighted by atomic mass is 32.2. The van der Waals surface area contributed by atoms with Gasteiger partial charge in [-0.1, -0.05) is 24.6 Å². The Morgan fingerprint density at radius 3 is 2.57 bits per heavy atom. The van der Waals surface area contributed by atoms with Crippen molar-refractivity contribution in [1.29, 1.82) is 0 Å². The minimum atomic E-state index is -3.59. The van der Waals surface area contributed by atoms with Crippen LogP contribution >= 0.6 is 0 Å². The fourth-order valence-corrected chi connectivity index (χ4v) is 3.53. The number of imidazole rings is 1.